The Labute approximate surface area is 204 Å². The Morgan fingerprint density at radius 2 is 0.794 bits per heavy atom. The van der Waals surface area contributed by atoms with Crippen LogP contribution in [0.15, 0.2) is 153 Å². The molecule has 2 heteroatoms. The number of anilines is 2. The third-order valence-corrected chi connectivity index (χ3v) is 10.2. The maximum Gasteiger partial charge on any atom is 0.0443 e. The van der Waals surface area contributed by atoms with Crippen LogP contribution in [0.1, 0.15) is 11.1 Å². The van der Waals surface area contributed by atoms with E-state index >= 15 is 0 Å². The molecule has 1 nitrogen and oxygen atoms in total. The molecule has 0 heterocycles. The third-order valence-electron chi connectivity index (χ3n) is 6.25. The summed E-state index contributed by atoms with van der Waals surface area (Å²) in [4.78, 5) is 5.33. The molecule has 0 aromatic heterocycles. The van der Waals surface area contributed by atoms with Crippen molar-refractivity contribution in [3.63, 3.8) is 0 Å². The SMILES string of the molecule is Cc1cccc(C)c1Nc1ccc(S(c2ccccc2)(c2ccccc2)c2ccccc2)cc1. The fourth-order valence-corrected chi connectivity index (χ4v) is 8.46. The molecule has 0 atom stereocenters. The van der Waals surface area contributed by atoms with Crippen LogP contribution in [0, 0.1) is 13.8 Å². The lowest BCUT2D eigenvalue weighted by molar-refractivity contribution is 1.24. The van der Waals surface area contributed by atoms with Gasteiger partial charge < -0.3 is 5.32 Å². The first-order chi connectivity index (χ1) is 16.7. The van der Waals surface area contributed by atoms with Gasteiger partial charge in [-0.05, 0) is 85.6 Å². The van der Waals surface area contributed by atoms with Crippen LogP contribution in [0.5, 0.6) is 0 Å². The summed E-state index contributed by atoms with van der Waals surface area (Å²) in [6.07, 6.45) is 0. The van der Waals surface area contributed by atoms with Crippen LogP contribution in [0.2, 0.25) is 0 Å². The van der Waals surface area contributed by atoms with Gasteiger partial charge in [0.15, 0.2) is 0 Å². The molecule has 0 spiro atoms. The summed E-state index contributed by atoms with van der Waals surface area (Å²) in [7, 11) is -1.65. The third kappa shape index (κ3) is 4.02. The molecule has 0 radical (unpaired) electrons. The highest BCUT2D eigenvalue weighted by atomic mass is 32.3. The minimum absolute atomic E-state index is 1.10. The lowest BCUT2D eigenvalue weighted by Gasteiger charge is -2.42. The van der Waals surface area contributed by atoms with E-state index in [1.165, 1.54) is 36.4 Å². The van der Waals surface area contributed by atoms with Gasteiger partial charge in [-0.2, -0.15) is 0 Å². The van der Waals surface area contributed by atoms with Crippen molar-refractivity contribution in [2.24, 2.45) is 0 Å². The van der Waals surface area contributed by atoms with E-state index in [-0.39, 0.29) is 0 Å². The van der Waals surface area contributed by atoms with Crippen molar-refractivity contribution >= 4 is 21.4 Å². The van der Waals surface area contributed by atoms with Crippen molar-refractivity contribution in [3.8, 4) is 0 Å². The quantitative estimate of drug-likeness (QED) is 0.267. The minimum atomic E-state index is -1.65. The van der Waals surface area contributed by atoms with Gasteiger partial charge in [0.2, 0.25) is 0 Å². The van der Waals surface area contributed by atoms with E-state index in [0.717, 1.165) is 5.69 Å². The summed E-state index contributed by atoms with van der Waals surface area (Å²) in [6.45, 7) is 4.30. The van der Waals surface area contributed by atoms with Gasteiger partial charge >= 0.3 is 0 Å². The number of nitrogens with one attached hydrogen (secondary N) is 1. The second-order valence-corrected chi connectivity index (χ2v) is 11.6. The summed E-state index contributed by atoms with van der Waals surface area (Å²) < 4.78 is 0. The first-order valence-electron chi connectivity index (χ1n) is 11.6. The predicted octanol–water partition coefficient (Wildman–Crippen LogP) is 9.39. The number of benzene rings is 5. The van der Waals surface area contributed by atoms with Crippen LogP contribution in [0.4, 0.5) is 11.4 Å². The van der Waals surface area contributed by atoms with E-state index in [9.17, 15) is 0 Å². The highest BCUT2D eigenvalue weighted by Crippen LogP contribution is 2.73. The van der Waals surface area contributed by atoms with Crippen LogP contribution in [0.25, 0.3) is 0 Å². The van der Waals surface area contributed by atoms with Gasteiger partial charge in [-0.1, -0.05) is 72.8 Å². The molecule has 5 aromatic carbocycles. The number of hydrogen-bond acceptors (Lipinski definition) is 1. The topological polar surface area (TPSA) is 12.0 Å². The lowest BCUT2D eigenvalue weighted by Crippen LogP contribution is -2.05. The van der Waals surface area contributed by atoms with Gasteiger partial charge in [0, 0.05) is 31.0 Å². The normalized spacial score (nSPS) is 11.7. The maximum absolute atomic E-state index is 3.65. The Morgan fingerprint density at radius 1 is 0.412 bits per heavy atom. The van der Waals surface area contributed by atoms with Gasteiger partial charge in [-0.3, -0.25) is 0 Å². The van der Waals surface area contributed by atoms with Crippen molar-refractivity contribution in [2.75, 3.05) is 5.32 Å². The Hall–Kier alpha value is -3.75. The number of rotatable bonds is 6. The molecule has 0 aliphatic rings. The average molecular weight is 460 g/mol. The van der Waals surface area contributed by atoms with Crippen molar-refractivity contribution < 1.29 is 0 Å². The number of hydrogen-bond donors (Lipinski definition) is 1. The molecule has 5 rings (SSSR count). The monoisotopic (exact) mass is 459 g/mol. The second-order valence-electron chi connectivity index (χ2n) is 8.47. The fraction of sp³-hybridized carbons (Fsp3) is 0.0625. The molecule has 0 saturated heterocycles. The molecule has 0 aliphatic heterocycles. The standard InChI is InChI=1S/C32H29NS/c1-25-13-12-14-26(2)32(25)33-27-21-23-31(24-22-27)34(28-15-6-3-7-16-28,29-17-8-4-9-18-29)30-19-10-5-11-20-30/h3-24,33H,1-2H3. The first-order valence-corrected chi connectivity index (χ1v) is 13.2. The molecule has 1 N–H and O–H groups in total. The maximum atomic E-state index is 3.65. The highest BCUT2D eigenvalue weighted by Gasteiger charge is 2.32. The van der Waals surface area contributed by atoms with Crippen molar-refractivity contribution in [1.29, 1.82) is 0 Å². The average Bonchev–Trinajstić information content (AvgIpc) is 2.90. The van der Waals surface area contributed by atoms with E-state index in [1.807, 2.05) is 0 Å². The molecule has 168 valence electrons. The summed E-state index contributed by atoms with van der Waals surface area (Å²) in [5.41, 5.74) is 4.79. The molecule has 0 saturated carbocycles. The largest absolute Gasteiger partial charge is 0.355 e. The van der Waals surface area contributed by atoms with Gasteiger partial charge in [-0.15, -0.1) is 10.0 Å². The Balaban J connectivity index is 1.69. The molecule has 34 heavy (non-hydrogen) atoms. The van der Waals surface area contributed by atoms with Gasteiger partial charge in [-0.25, -0.2) is 0 Å². The molecule has 5 aromatic rings. The first kappa shape index (κ1) is 22.1. The molecule has 0 aliphatic carbocycles. The zero-order valence-corrected chi connectivity index (χ0v) is 20.4. The van der Waals surface area contributed by atoms with E-state index < -0.39 is 10.0 Å². The van der Waals surface area contributed by atoms with Gasteiger partial charge in [0.1, 0.15) is 0 Å². The zero-order chi connectivity index (χ0) is 23.4. The molecule has 0 bridgehead atoms. The van der Waals surface area contributed by atoms with Crippen LogP contribution < -0.4 is 5.32 Å². The van der Waals surface area contributed by atoms with Crippen molar-refractivity contribution in [1.82, 2.24) is 0 Å². The summed E-state index contributed by atoms with van der Waals surface area (Å²) >= 11 is 0. The Bertz CT molecular complexity index is 1240. The molecular formula is C32H29NS. The van der Waals surface area contributed by atoms with Crippen LogP contribution >= 0.6 is 10.0 Å². The minimum Gasteiger partial charge on any atom is -0.355 e. The van der Waals surface area contributed by atoms with Crippen LogP contribution in [-0.2, 0) is 0 Å². The summed E-state index contributed by atoms with van der Waals surface area (Å²) in [5, 5.41) is 3.65. The van der Waals surface area contributed by atoms with E-state index in [0.29, 0.717) is 0 Å². The van der Waals surface area contributed by atoms with Crippen LogP contribution in [0.3, 0.4) is 0 Å². The Kier molecular flexibility index (Phi) is 6.24. The second kappa shape index (κ2) is 9.62. The molecule has 0 unspecified atom stereocenters. The van der Waals surface area contributed by atoms with Crippen molar-refractivity contribution in [3.05, 3.63) is 145 Å². The van der Waals surface area contributed by atoms with Crippen LogP contribution in [-0.4, -0.2) is 0 Å². The molecular weight excluding hydrogens is 430 g/mol. The predicted molar refractivity (Wildman–Crippen MR) is 146 cm³/mol. The number of para-hydroxylation sites is 1. The fourth-order valence-electron chi connectivity index (χ4n) is 4.59. The number of aryl methyl sites for hydroxylation is 2. The van der Waals surface area contributed by atoms with Gasteiger partial charge in [0.25, 0.3) is 0 Å². The lowest BCUT2D eigenvalue weighted by atomic mass is 10.1. The zero-order valence-electron chi connectivity index (χ0n) is 19.6. The van der Waals surface area contributed by atoms with Gasteiger partial charge in [0.05, 0.1) is 0 Å². The molecule has 0 amide bonds. The van der Waals surface area contributed by atoms with Crippen molar-refractivity contribution in [2.45, 2.75) is 33.4 Å². The Morgan fingerprint density at radius 3 is 1.21 bits per heavy atom. The van der Waals surface area contributed by atoms with E-state index in [2.05, 4.69) is 153 Å². The summed E-state index contributed by atoms with van der Waals surface area (Å²) in [5.74, 6) is 0. The molecule has 0 fully saturated rings. The smallest absolute Gasteiger partial charge is 0.0443 e. The van der Waals surface area contributed by atoms with E-state index in [4.69, 9.17) is 0 Å². The van der Waals surface area contributed by atoms with E-state index in [1.54, 1.807) is 0 Å². The summed E-state index contributed by atoms with van der Waals surface area (Å²) in [6, 6.07) is 48.3. The highest BCUT2D eigenvalue weighted by molar-refractivity contribution is 8.34.